The third-order valence-corrected chi connectivity index (χ3v) is 3.78. The van der Waals surface area contributed by atoms with Gasteiger partial charge in [0.2, 0.25) is 0 Å². The number of nitriles is 1. The monoisotopic (exact) mass is 303 g/mol. The topological polar surface area (TPSA) is 53.2 Å². The Kier molecular flexibility index (Phi) is 4.56. The zero-order valence-electron chi connectivity index (χ0n) is 12.7. The van der Waals surface area contributed by atoms with Crippen LogP contribution in [0.1, 0.15) is 16.7 Å². The van der Waals surface area contributed by atoms with Crippen molar-refractivity contribution in [2.45, 2.75) is 13.0 Å². The van der Waals surface area contributed by atoms with Crippen molar-refractivity contribution in [1.82, 2.24) is 0 Å². The summed E-state index contributed by atoms with van der Waals surface area (Å²) < 4.78 is 5.73. The number of benzene rings is 3. The Morgan fingerprint density at radius 2 is 1.61 bits per heavy atom. The van der Waals surface area contributed by atoms with E-state index in [9.17, 15) is 5.11 Å². The van der Waals surface area contributed by atoms with Crippen LogP contribution < -0.4 is 0 Å². The highest BCUT2D eigenvalue weighted by Crippen LogP contribution is 2.21. The number of phenols is 1. The first kappa shape index (κ1) is 15.1. The van der Waals surface area contributed by atoms with Crippen molar-refractivity contribution in [3.63, 3.8) is 0 Å². The Bertz CT molecular complexity index is 848. The maximum Gasteiger partial charge on any atom is 0.116 e. The molecule has 0 saturated heterocycles. The van der Waals surface area contributed by atoms with Crippen molar-refractivity contribution >= 4 is 10.8 Å². The molecule has 1 N–H and O–H groups in total. The van der Waals surface area contributed by atoms with Crippen LogP contribution in [0.5, 0.6) is 5.75 Å². The summed E-state index contributed by atoms with van der Waals surface area (Å²) in [6.07, 6.45) is 0.820. The van der Waals surface area contributed by atoms with Crippen molar-refractivity contribution in [3.05, 3.63) is 77.4 Å². The van der Waals surface area contributed by atoms with E-state index in [1.165, 1.54) is 0 Å². The van der Waals surface area contributed by atoms with Crippen LogP contribution in [0.25, 0.3) is 10.8 Å². The predicted molar refractivity (Wildman–Crippen MR) is 90.1 cm³/mol. The quantitative estimate of drug-likeness (QED) is 0.719. The summed E-state index contributed by atoms with van der Waals surface area (Å²) in [6, 6.07) is 21.1. The lowest BCUT2D eigenvalue weighted by atomic mass is 10.1. The molecule has 0 aliphatic carbocycles. The molecule has 0 amide bonds. The Labute approximate surface area is 135 Å². The Morgan fingerprint density at radius 3 is 2.39 bits per heavy atom. The number of nitrogens with zero attached hydrogens (tertiary/aromatic N) is 1. The molecule has 0 aliphatic rings. The average molecular weight is 303 g/mol. The van der Waals surface area contributed by atoms with E-state index in [4.69, 9.17) is 10.00 Å². The van der Waals surface area contributed by atoms with Crippen LogP contribution in [0, 0.1) is 11.3 Å². The molecule has 0 saturated carbocycles. The fraction of sp³-hybridized carbons (Fsp3) is 0.150. The highest BCUT2D eigenvalue weighted by atomic mass is 16.5. The van der Waals surface area contributed by atoms with Crippen LogP contribution in [0.3, 0.4) is 0 Å². The smallest absolute Gasteiger partial charge is 0.116 e. The van der Waals surface area contributed by atoms with E-state index in [1.807, 2.05) is 48.5 Å². The summed E-state index contributed by atoms with van der Waals surface area (Å²) in [5, 5.41) is 20.4. The summed E-state index contributed by atoms with van der Waals surface area (Å²) in [6.45, 7) is 1.17. The SMILES string of the molecule is N#Cc1ccc(CCOCc2ccc3ccc(O)cc3c2)cc1. The molecule has 0 fully saturated rings. The summed E-state index contributed by atoms with van der Waals surface area (Å²) in [5.41, 5.74) is 2.92. The van der Waals surface area contributed by atoms with Crippen molar-refractivity contribution in [2.24, 2.45) is 0 Å². The van der Waals surface area contributed by atoms with Gasteiger partial charge in [0.1, 0.15) is 5.75 Å². The Morgan fingerprint density at radius 1 is 0.870 bits per heavy atom. The second-order valence-corrected chi connectivity index (χ2v) is 5.48. The third kappa shape index (κ3) is 3.88. The average Bonchev–Trinajstić information content (AvgIpc) is 2.59. The van der Waals surface area contributed by atoms with Crippen LogP contribution in [-0.4, -0.2) is 11.7 Å². The van der Waals surface area contributed by atoms with Gasteiger partial charge in [-0.3, -0.25) is 0 Å². The van der Waals surface area contributed by atoms with Gasteiger partial charge in [0.25, 0.3) is 0 Å². The zero-order chi connectivity index (χ0) is 16.1. The van der Waals surface area contributed by atoms with Crippen LogP contribution >= 0.6 is 0 Å². The van der Waals surface area contributed by atoms with Crippen molar-refractivity contribution < 1.29 is 9.84 Å². The first-order chi connectivity index (χ1) is 11.2. The molecule has 3 heteroatoms. The molecule has 3 aromatic rings. The molecule has 114 valence electrons. The number of hydrogen-bond donors (Lipinski definition) is 1. The van der Waals surface area contributed by atoms with Crippen molar-refractivity contribution in [1.29, 1.82) is 5.26 Å². The molecular formula is C20H17NO2. The maximum absolute atomic E-state index is 9.55. The minimum absolute atomic E-state index is 0.274. The van der Waals surface area contributed by atoms with Gasteiger partial charge >= 0.3 is 0 Å². The van der Waals surface area contributed by atoms with Gasteiger partial charge in [0.05, 0.1) is 24.8 Å². The molecular weight excluding hydrogens is 286 g/mol. The lowest BCUT2D eigenvalue weighted by molar-refractivity contribution is 0.124. The van der Waals surface area contributed by atoms with E-state index in [2.05, 4.69) is 6.07 Å². The number of phenolic OH excluding ortho intramolecular Hbond substituents is 1. The van der Waals surface area contributed by atoms with Gasteiger partial charge in [-0.05, 0) is 58.7 Å². The molecule has 0 bridgehead atoms. The molecule has 0 radical (unpaired) electrons. The molecule has 3 rings (SSSR count). The fourth-order valence-electron chi connectivity index (χ4n) is 2.50. The summed E-state index contributed by atoms with van der Waals surface area (Å²) >= 11 is 0. The summed E-state index contributed by atoms with van der Waals surface area (Å²) in [7, 11) is 0. The van der Waals surface area contributed by atoms with E-state index >= 15 is 0 Å². The van der Waals surface area contributed by atoms with E-state index in [1.54, 1.807) is 12.1 Å². The Balaban J connectivity index is 1.55. The first-order valence-corrected chi connectivity index (χ1v) is 7.53. The molecule has 3 aromatic carbocycles. The molecule has 0 aliphatic heterocycles. The van der Waals surface area contributed by atoms with Gasteiger partial charge in [0, 0.05) is 0 Å². The van der Waals surface area contributed by atoms with Crippen LogP contribution in [0.15, 0.2) is 60.7 Å². The van der Waals surface area contributed by atoms with Crippen molar-refractivity contribution in [2.75, 3.05) is 6.61 Å². The van der Waals surface area contributed by atoms with E-state index < -0.39 is 0 Å². The van der Waals surface area contributed by atoms with Gasteiger partial charge < -0.3 is 9.84 Å². The molecule has 23 heavy (non-hydrogen) atoms. The molecule has 0 heterocycles. The van der Waals surface area contributed by atoms with Crippen molar-refractivity contribution in [3.8, 4) is 11.8 Å². The zero-order valence-corrected chi connectivity index (χ0v) is 12.7. The molecule has 0 aromatic heterocycles. The maximum atomic E-state index is 9.55. The normalized spacial score (nSPS) is 10.6. The van der Waals surface area contributed by atoms with Gasteiger partial charge in [-0.2, -0.15) is 5.26 Å². The number of ether oxygens (including phenoxy) is 1. The number of fused-ring (bicyclic) bond motifs is 1. The van der Waals surface area contributed by atoms with E-state index in [0.29, 0.717) is 18.8 Å². The Hall–Kier alpha value is -2.83. The second-order valence-electron chi connectivity index (χ2n) is 5.48. The largest absolute Gasteiger partial charge is 0.508 e. The first-order valence-electron chi connectivity index (χ1n) is 7.53. The number of hydrogen-bond acceptors (Lipinski definition) is 3. The van der Waals surface area contributed by atoms with Gasteiger partial charge in [-0.1, -0.05) is 30.3 Å². The van der Waals surface area contributed by atoms with Crippen LogP contribution in [0.2, 0.25) is 0 Å². The lowest BCUT2D eigenvalue weighted by Crippen LogP contribution is -1.99. The third-order valence-electron chi connectivity index (χ3n) is 3.78. The van der Waals surface area contributed by atoms with Crippen LogP contribution in [-0.2, 0) is 17.8 Å². The second kappa shape index (κ2) is 6.95. The van der Waals surface area contributed by atoms with Crippen LogP contribution in [0.4, 0.5) is 0 Å². The molecule has 3 nitrogen and oxygen atoms in total. The standard InChI is InChI=1S/C20H17NO2/c21-13-16-3-1-15(2-4-16)9-10-23-14-17-5-6-18-7-8-20(22)12-19(18)11-17/h1-8,11-12,22H,9-10,14H2. The number of aromatic hydroxyl groups is 1. The molecule has 0 unspecified atom stereocenters. The van der Waals surface area contributed by atoms with E-state index in [-0.39, 0.29) is 5.75 Å². The minimum atomic E-state index is 0.274. The highest BCUT2D eigenvalue weighted by molar-refractivity contribution is 5.84. The van der Waals surface area contributed by atoms with Gasteiger partial charge in [0.15, 0.2) is 0 Å². The fourth-order valence-corrected chi connectivity index (χ4v) is 2.50. The predicted octanol–water partition coefficient (Wildman–Crippen LogP) is 4.18. The molecule has 0 spiro atoms. The summed E-state index contributed by atoms with van der Waals surface area (Å²) in [4.78, 5) is 0. The summed E-state index contributed by atoms with van der Waals surface area (Å²) in [5.74, 6) is 0.274. The number of rotatable bonds is 5. The highest BCUT2D eigenvalue weighted by Gasteiger charge is 2.00. The van der Waals surface area contributed by atoms with Gasteiger partial charge in [-0.15, -0.1) is 0 Å². The molecule has 0 atom stereocenters. The minimum Gasteiger partial charge on any atom is -0.508 e. The lowest BCUT2D eigenvalue weighted by Gasteiger charge is -2.06. The van der Waals surface area contributed by atoms with E-state index in [0.717, 1.165) is 28.3 Å². The van der Waals surface area contributed by atoms with Gasteiger partial charge in [-0.25, -0.2) is 0 Å².